The first-order valence-electron chi connectivity index (χ1n) is 18.7. The SMILES string of the molecule is O=C(c1cc(-c2cc3c(cc2C(=O)N2Cc4cccc(Cl)c4C[C@H]2CN2CCOCC2)OCO3)n2c1CCCC2)N(c1ccccc1)c1ccc(O)cc1. The number of amides is 2. The molecule has 1 atom stereocenters. The van der Waals surface area contributed by atoms with Gasteiger partial charge in [-0.2, -0.15) is 0 Å². The topological polar surface area (TPSA) is 96.7 Å². The van der Waals surface area contributed by atoms with Gasteiger partial charge in [0.15, 0.2) is 11.5 Å². The van der Waals surface area contributed by atoms with Crippen molar-refractivity contribution in [2.45, 2.75) is 44.8 Å². The lowest BCUT2D eigenvalue weighted by Gasteiger charge is -2.41. The molecule has 4 aliphatic heterocycles. The molecule has 0 unspecified atom stereocenters. The summed E-state index contributed by atoms with van der Waals surface area (Å²) in [5, 5.41) is 10.8. The van der Waals surface area contributed by atoms with Crippen LogP contribution in [0.3, 0.4) is 0 Å². The van der Waals surface area contributed by atoms with Gasteiger partial charge in [-0.25, -0.2) is 0 Å². The molecule has 0 aliphatic carbocycles. The molecule has 0 spiro atoms. The highest BCUT2D eigenvalue weighted by atomic mass is 35.5. The Morgan fingerprint density at radius 2 is 1.59 bits per heavy atom. The van der Waals surface area contributed by atoms with E-state index in [-0.39, 0.29) is 30.4 Å². The second-order valence-corrected chi connectivity index (χ2v) is 14.7. The fraction of sp³-hybridized carbons (Fsp3) is 0.302. The lowest BCUT2D eigenvalue weighted by Crippen LogP contribution is -2.52. The molecule has 54 heavy (non-hydrogen) atoms. The molecule has 10 nitrogen and oxygen atoms in total. The summed E-state index contributed by atoms with van der Waals surface area (Å²) in [5.41, 5.74) is 6.97. The van der Waals surface area contributed by atoms with E-state index in [0.29, 0.717) is 78.8 Å². The van der Waals surface area contributed by atoms with E-state index in [9.17, 15) is 9.90 Å². The Bertz CT molecular complexity index is 2220. The molecule has 4 aromatic carbocycles. The summed E-state index contributed by atoms with van der Waals surface area (Å²) in [6.07, 6.45) is 3.25. The van der Waals surface area contributed by atoms with E-state index >= 15 is 4.79 Å². The van der Waals surface area contributed by atoms with Crippen molar-refractivity contribution in [3.63, 3.8) is 0 Å². The first-order valence-corrected chi connectivity index (χ1v) is 19.0. The molecule has 0 radical (unpaired) electrons. The van der Waals surface area contributed by atoms with Crippen molar-refractivity contribution in [3.05, 3.63) is 124 Å². The molecule has 276 valence electrons. The van der Waals surface area contributed by atoms with Gasteiger partial charge in [0.25, 0.3) is 11.8 Å². The van der Waals surface area contributed by atoms with E-state index < -0.39 is 0 Å². The summed E-state index contributed by atoms with van der Waals surface area (Å²) >= 11 is 6.75. The normalized spacial score (nSPS) is 17.9. The smallest absolute Gasteiger partial charge is 0.264 e. The number of hydrogen-bond donors (Lipinski definition) is 1. The van der Waals surface area contributed by atoms with Gasteiger partial charge < -0.3 is 28.8 Å². The molecule has 1 N–H and O–H groups in total. The number of nitrogens with zero attached hydrogens (tertiary/aromatic N) is 4. The van der Waals surface area contributed by atoms with Crippen LogP contribution in [0.1, 0.15) is 50.4 Å². The van der Waals surface area contributed by atoms with Crippen LogP contribution in [0.15, 0.2) is 91.0 Å². The largest absolute Gasteiger partial charge is 0.508 e. The summed E-state index contributed by atoms with van der Waals surface area (Å²) in [6, 6.07) is 27.7. The number of halogens is 1. The van der Waals surface area contributed by atoms with E-state index in [0.717, 1.165) is 59.9 Å². The number of phenols is 1. The molecule has 2 amide bonds. The van der Waals surface area contributed by atoms with E-state index in [1.165, 1.54) is 0 Å². The van der Waals surface area contributed by atoms with Gasteiger partial charge in [-0.05, 0) is 97.5 Å². The number of phenolic OH excluding ortho intramolecular Hbond substituents is 1. The number of aromatic hydroxyl groups is 1. The number of carbonyl (C=O) groups excluding carboxylic acids is 2. The maximum absolute atomic E-state index is 15.2. The van der Waals surface area contributed by atoms with Crippen molar-refractivity contribution < 1.29 is 28.9 Å². The van der Waals surface area contributed by atoms with Crippen LogP contribution >= 0.6 is 11.6 Å². The predicted molar refractivity (Wildman–Crippen MR) is 206 cm³/mol. The summed E-state index contributed by atoms with van der Waals surface area (Å²) in [6.45, 7) is 4.84. The van der Waals surface area contributed by atoms with Gasteiger partial charge >= 0.3 is 0 Å². The molecule has 1 saturated heterocycles. The monoisotopic (exact) mass is 744 g/mol. The van der Waals surface area contributed by atoms with Gasteiger partial charge in [-0.15, -0.1) is 0 Å². The molecular formula is C43H41ClN4O6. The minimum atomic E-state index is -0.187. The molecule has 9 rings (SSSR count). The number of fused-ring (bicyclic) bond motifs is 3. The Kier molecular flexibility index (Phi) is 9.26. The van der Waals surface area contributed by atoms with E-state index in [1.54, 1.807) is 29.2 Å². The second-order valence-electron chi connectivity index (χ2n) is 14.3. The Balaban J connectivity index is 1.15. The predicted octanol–water partition coefficient (Wildman–Crippen LogP) is 7.46. The van der Waals surface area contributed by atoms with Crippen LogP contribution in [0.2, 0.25) is 5.02 Å². The fourth-order valence-corrected chi connectivity index (χ4v) is 8.65. The number of anilines is 2. The highest BCUT2D eigenvalue weighted by molar-refractivity contribution is 6.31. The molecule has 0 bridgehead atoms. The van der Waals surface area contributed by atoms with Crippen molar-refractivity contribution in [3.8, 4) is 28.5 Å². The zero-order valence-corrected chi connectivity index (χ0v) is 30.6. The lowest BCUT2D eigenvalue weighted by molar-refractivity contribution is 0.0193. The quantitative estimate of drug-likeness (QED) is 0.185. The van der Waals surface area contributed by atoms with E-state index in [2.05, 4.69) is 15.5 Å². The van der Waals surface area contributed by atoms with Crippen LogP contribution in [0.5, 0.6) is 17.2 Å². The maximum atomic E-state index is 15.2. The van der Waals surface area contributed by atoms with E-state index in [4.69, 9.17) is 25.8 Å². The first-order chi connectivity index (χ1) is 26.4. The van der Waals surface area contributed by atoms with Gasteiger partial charge in [-0.3, -0.25) is 19.4 Å². The average molecular weight is 745 g/mol. The molecule has 0 saturated carbocycles. The fourth-order valence-electron chi connectivity index (χ4n) is 8.37. The number of para-hydroxylation sites is 1. The molecule has 5 heterocycles. The van der Waals surface area contributed by atoms with Gasteiger partial charge in [0.1, 0.15) is 5.75 Å². The molecular weight excluding hydrogens is 704 g/mol. The number of ether oxygens (including phenoxy) is 3. The molecule has 1 aromatic heterocycles. The molecule has 11 heteroatoms. The summed E-state index contributed by atoms with van der Waals surface area (Å²) in [5.74, 6) is 0.914. The van der Waals surface area contributed by atoms with E-state index in [1.807, 2.05) is 65.6 Å². The third kappa shape index (κ3) is 6.38. The molecule has 1 fully saturated rings. The highest BCUT2D eigenvalue weighted by Crippen LogP contribution is 2.43. The standard InChI is InChI=1S/C43H41ClN4O6/c44-37-10-6-7-28-25-47(31(21-33(28)37)26-45-17-19-52-20-18-45)42(50)35-24-41-40(53-27-54-41)23-34(35)39-22-36(38-11-4-5-16-46(38)39)43(51)48(29-8-2-1-3-9-29)30-12-14-32(49)15-13-30/h1-3,6-10,12-15,22-24,31,49H,4-5,11,16-21,25-27H2/t31-/m0/s1. The maximum Gasteiger partial charge on any atom is 0.264 e. The van der Waals surface area contributed by atoms with Crippen LogP contribution in [-0.2, 0) is 30.7 Å². The van der Waals surface area contributed by atoms with Crippen LogP contribution in [0.25, 0.3) is 11.3 Å². The lowest BCUT2D eigenvalue weighted by atomic mass is 9.91. The number of hydrogen-bond acceptors (Lipinski definition) is 7. The van der Waals surface area contributed by atoms with Crippen LogP contribution in [-0.4, -0.2) is 77.0 Å². The number of aromatic nitrogens is 1. The van der Waals surface area contributed by atoms with Gasteiger partial charge in [-0.1, -0.05) is 41.9 Å². The number of carbonyl (C=O) groups is 2. The number of benzene rings is 4. The molecule has 4 aliphatic rings. The Hall–Kier alpha value is -5.29. The summed E-state index contributed by atoms with van der Waals surface area (Å²) in [7, 11) is 0. The van der Waals surface area contributed by atoms with Gasteiger partial charge in [0.2, 0.25) is 6.79 Å². The number of rotatable bonds is 7. The minimum Gasteiger partial charge on any atom is -0.508 e. The van der Waals surface area contributed by atoms with Gasteiger partial charge in [0, 0.05) is 72.1 Å². The van der Waals surface area contributed by atoms with Crippen molar-refractivity contribution >= 4 is 34.8 Å². The Morgan fingerprint density at radius 1 is 0.833 bits per heavy atom. The van der Waals surface area contributed by atoms with Crippen LogP contribution in [0, 0.1) is 0 Å². The third-order valence-electron chi connectivity index (χ3n) is 11.1. The summed E-state index contributed by atoms with van der Waals surface area (Å²) in [4.78, 5) is 36.1. The number of morpholine rings is 1. The second kappa shape index (κ2) is 14.5. The highest BCUT2D eigenvalue weighted by Gasteiger charge is 2.36. The first kappa shape index (κ1) is 34.5. The van der Waals surface area contributed by atoms with Crippen molar-refractivity contribution in [1.29, 1.82) is 0 Å². The average Bonchev–Trinajstić information content (AvgIpc) is 3.83. The van der Waals surface area contributed by atoms with Crippen molar-refractivity contribution in [2.75, 3.05) is 44.5 Å². The third-order valence-corrected chi connectivity index (χ3v) is 11.5. The minimum absolute atomic E-state index is 0.0658. The zero-order valence-electron chi connectivity index (χ0n) is 29.9. The molecule has 5 aromatic rings. The van der Waals surface area contributed by atoms with Crippen molar-refractivity contribution in [2.24, 2.45) is 0 Å². The van der Waals surface area contributed by atoms with Crippen LogP contribution < -0.4 is 14.4 Å². The summed E-state index contributed by atoms with van der Waals surface area (Å²) < 4.78 is 19.6. The van der Waals surface area contributed by atoms with Gasteiger partial charge in [0.05, 0.1) is 24.3 Å². The van der Waals surface area contributed by atoms with Crippen LogP contribution in [0.4, 0.5) is 11.4 Å². The van der Waals surface area contributed by atoms with Crippen molar-refractivity contribution in [1.82, 2.24) is 14.4 Å². The Labute approximate surface area is 319 Å². The Morgan fingerprint density at radius 3 is 2.39 bits per heavy atom. The zero-order chi connectivity index (χ0) is 36.8.